The monoisotopic (exact) mass is 260 g/mol. The normalized spacial score (nSPS) is 13.2. The Bertz CT molecular complexity index is 426. The van der Waals surface area contributed by atoms with Gasteiger partial charge in [0.2, 0.25) is 0 Å². The van der Waals surface area contributed by atoms with Gasteiger partial charge in [-0.2, -0.15) is 0 Å². The zero-order valence-corrected chi connectivity index (χ0v) is 13.3. The zero-order chi connectivity index (χ0) is 12.0. The highest BCUT2D eigenvalue weighted by molar-refractivity contribution is 7.89. The molecule has 0 atom stereocenters. The Morgan fingerprint density at radius 3 is 1.20 bits per heavy atom. The van der Waals surface area contributed by atoms with Gasteiger partial charge < -0.3 is 0 Å². The third-order valence-electron chi connectivity index (χ3n) is 2.50. The molecule has 1 heterocycles. The van der Waals surface area contributed by atoms with Crippen LogP contribution >= 0.6 is 25.1 Å². The van der Waals surface area contributed by atoms with Crippen molar-refractivity contribution >= 4 is 46.9 Å². The van der Waals surface area contributed by atoms with E-state index in [4.69, 9.17) is 0 Å². The predicted molar refractivity (Wildman–Crippen MR) is 84.8 cm³/mol. The molecule has 0 amide bonds. The Hall–Kier alpha value is 0.300. The molecule has 1 rings (SSSR count). The van der Waals surface area contributed by atoms with E-state index >= 15 is 0 Å². The molecule has 0 fully saturated rings. The molecule has 0 aromatic carbocycles. The van der Waals surface area contributed by atoms with E-state index in [9.17, 15) is 0 Å². The van der Waals surface area contributed by atoms with Crippen molar-refractivity contribution in [1.29, 1.82) is 0 Å². The van der Waals surface area contributed by atoms with Crippen LogP contribution in [0.15, 0.2) is 0 Å². The first-order valence-electron chi connectivity index (χ1n) is 5.03. The third kappa shape index (κ3) is 2.70. The molecule has 1 aromatic heterocycles. The van der Waals surface area contributed by atoms with Crippen molar-refractivity contribution in [3.63, 3.8) is 0 Å². The molecule has 0 N–H and O–H groups in total. The highest BCUT2D eigenvalue weighted by Crippen LogP contribution is 2.44. The quantitative estimate of drug-likeness (QED) is 0.717. The maximum Gasteiger partial charge on any atom is 0.0301 e. The lowest BCUT2D eigenvalue weighted by Gasteiger charge is -2.12. The van der Waals surface area contributed by atoms with Crippen molar-refractivity contribution in [2.24, 2.45) is 0 Å². The highest BCUT2D eigenvalue weighted by atomic mass is 32.1. The molecule has 1 aromatic rings. The van der Waals surface area contributed by atoms with Crippen LogP contribution in [0.1, 0.15) is 11.1 Å². The van der Waals surface area contributed by atoms with Crippen LogP contribution in [0.3, 0.4) is 0 Å². The predicted octanol–water partition coefficient (Wildman–Crippen LogP) is 3.03. The molecule has 0 saturated carbocycles. The average Bonchev–Trinajstić information content (AvgIpc) is 2.26. The minimum absolute atomic E-state index is 1.12. The summed E-state index contributed by atoms with van der Waals surface area (Å²) in [4.78, 5) is 0. The number of rotatable bonds is 2. The van der Waals surface area contributed by atoms with Gasteiger partial charge in [-0.15, -0.1) is 11.3 Å². The number of thiophene rings is 1. The van der Waals surface area contributed by atoms with Gasteiger partial charge in [0.25, 0.3) is 0 Å². The largest absolute Gasteiger partial charge is 0.135 e. The fraction of sp³-hybridized carbons (Fsp3) is 0.500. The summed E-state index contributed by atoms with van der Waals surface area (Å²) in [6.45, 7) is 11.4. The van der Waals surface area contributed by atoms with E-state index in [1.54, 1.807) is 0 Å². The highest BCUT2D eigenvalue weighted by Gasteiger charge is 2.19. The molecule has 0 radical (unpaired) electrons. The zero-order valence-electron chi connectivity index (χ0n) is 10.7. The summed E-state index contributed by atoms with van der Waals surface area (Å²) >= 11 is 1.97. The Morgan fingerprint density at radius 2 is 1.07 bits per heavy atom. The SMILES string of the molecule is C=P(C)(C)c1sc(P(=C)(C)C)c(C)c1C. The molecule has 3 heteroatoms. The van der Waals surface area contributed by atoms with E-state index in [2.05, 4.69) is 53.1 Å². The van der Waals surface area contributed by atoms with Crippen LogP contribution < -0.4 is 9.24 Å². The molecule has 0 unspecified atom stereocenters. The molecule has 0 bridgehead atoms. The molecule has 0 nitrogen and oxygen atoms in total. The van der Waals surface area contributed by atoms with E-state index in [-0.39, 0.29) is 0 Å². The summed E-state index contributed by atoms with van der Waals surface area (Å²) < 4.78 is 3.07. The molecule has 0 spiro atoms. The maximum absolute atomic E-state index is 4.35. The van der Waals surface area contributed by atoms with Gasteiger partial charge in [-0.05, 0) is 51.6 Å². The molecule has 0 aliphatic heterocycles. The van der Waals surface area contributed by atoms with Crippen LogP contribution in [0.2, 0.25) is 0 Å². The third-order valence-corrected chi connectivity index (χ3v) is 9.88. The lowest BCUT2D eigenvalue weighted by Crippen LogP contribution is -2.01. The fourth-order valence-electron chi connectivity index (χ4n) is 1.72. The van der Waals surface area contributed by atoms with Crippen molar-refractivity contribution in [2.75, 3.05) is 26.7 Å². The smallest absolute Gasteiger partial charge is 0.0301 e. The van der Waals surface area contributed by atoms with Crippen molar-refractivity contribution in [3.8, 4) is 0 Å². The summed E-state index contributed by atoms with van der Waals surface area (Å²) in [5.41, 5.74) is 2.94. The molecule has 86 valence electrons. The van der Waals surface area contributed by atoms with Crippen molar-refractivity contribution in [1.82, 2.24) is 0 Å². The van der Waals surface area contributed by atoms with Crippen LogP contribution in [0.4, 0.5) is 0 Å². The lowest BCUT2D eigenvalue weighted by molar-refractivity contribution is 1.44. The maximum atomic E-state index is 4.35. The molecular formula is C12H22P2S. The van der Waals surface area contributed by atoms with Gasteiger partial charge in [-0.25, -0.2) is 0 Å². The molecular weight excluding hydrogens is 238 g/mol. The summed E-state index contributed by atoms with van der Waals surface area (Å²) in [7, 11) is 0. The van der Waals surface area contributed by atoms with Gasteiger partial charge in [-0.3, -0.25) is 0 Å². The second-order valence-electron chi connectivity index (χ2n) is 5.33. The first kappa shape index (κ1) is 13.4. The second kappa shape index (κ2) is 3.95. The summed E-state index contributed by atoms with van der Waals surface area (Å²) in [5.74, 6) is 0. The number of hydrogen-bond acceptors (Lipinski definition) is 1. The minimum Gasteiger partial charge on any atom is -0.135 e. The first-order chi connectivity index (χ1) is 6.55. The fourth-order valence-corrected chi connectivity index (χ4v) is 7.41. The average molecular weight is 260 g/mol. The standard InChI is InChI=1S/C12H22P2S/c1-9-10(2)12(14(6,7)8)15-11(9)13(3,4)5/h3,6H2,1-2,4-5,7-8H3. The summed E-state index contributed by atoms with van der Waals surface area (Å²) in [6.07, 6.45) is 8.70. The van der Waals surface area contributed by atoms with Crippen LogP contribution in [0.5, 0.6) is 0 Å². The summed E-state index contributed by atoms with van der Waals surface area (Å²) in [6, 6.07) is 0. The minimum atomic E-state index is -1.12. The van der Waals surface area contributed by atoms with E-state index in [0.29, 0.717) is 0 Å². The van der Waals surface area contributed by atoms with Crippen LogP contribution in [-0.2, 0) is 0 Å². The van der Waals surface area contributed by atoms with E-state index in [1.807, 2.05) is 11.3 Å². The summed E-state index contributed by atoms with van der Waals surface area (Å²) in [5, 5.41) is 0. The van der Waals surface area contributed by atoms with Crippen molar-refractivity contribution in [3.05, 3.63) is 11.1 Å². The molecule has 15 heavy (non-hydrogen) atoms. The van der Waals surface area contributed by atoms with Crippen molar-refractivity contribution in [2.45, 2.75) is 13.8 Å². The van der Waals surface area contributed by atoms with Crippen molar-refractivity contribution < 1.29 is 0 Å². The topological polar surface area (TPSA) is 0 Å². The molecule has 0 aliphatic rings. The van der Waals surface area contributed by atoms with Gasteiger partial charge in [-0.1, -0.05) is 26.4 Å². The van der Waals surface area contributed by atoms with Crippen LogP contribution in [-0.4, -0.2) is 39.3 Å². The lowest BCUT2D eigenvalue weighted by atomic mass is 10.2. The Kier molecular flexibility index (Phi) is 3.52. The van der Waals surface area contributed by atoms with Gasteiger partial charge in [0.05, 0.1) is 0 Å². The van der Waals surface area contributed by atoms with Crippen LogP contribution in [0, 0.1) is 13.8 Å². The Morgan fingerprint density at radius 1 is 0.800 bits per heavy atom. The first-order valence-corrected chi connectivity index (χ1v) is 11.6. The number of hydrogen-bond donors (Lipinski definition) is 0. The van der Waals surface area contributed by atoms with Gasteiger partial charge in [0, 0.05) is 9.24 Å². The Balaban J connectivity index is 3.52. The van der Waals surface area contributed by atoms with Crippen LogP contribution in [0.25, 0.3) is 0 Å². The molecule has 0 aliphatic carbocycles. The van der Waals surface area contributed by atoms with E-state index < -0.39 is 13.8 Å². The van der Waals surface area contributed by atoms with E-state index in [1.165, 1.54) is 20.4 Å². The molecule has 0 saturated heterocycles. The van der Waals surface area contributed by atoms with Gasteiger partial charge in [0.15, 0.2) is 0 Å². The van der Waals surface area contributed by atoms with Gasteiger partial charge in [0.1, 0.15) is 0 Å². The Labute approximate surface area is 98.7 Å². The van der Waals surface area contributed by atoms with E-state index in [0.717, 1.165) is 0 Å². The second-order valence-corrected chi connectivity index (χ2v) is 14.6. The van der Waals surface area contributed by atoms with Gasteiger partial charge >= 0.3 is 0 Å².